The second kappa shape index (κ2) is 5.48. The van der Waals surface area contributed by atoms with Gasteiger partial charge < -0.3 is 4.74 Å². The second-order valence-electron chi connectivity index (χ2n) is 5.69. The van der Waals surface area contributed by atoms with Crippen molar-refractivity contribution in [1.82, 2.24) is 9.78 Å². The van der Waals surface area contributed by atoms with Crippen molar-refractivity contribution >= 4 is 17.7 Å². The summed E-state index contributed by atoms with van der Waals surface area (Å²) in [6.45, 7) is 7.07. The van der Waals surface area contributed by atoms with Crippen molar-refractivity contribution in [3.63, 3.8) is 0 Å². The fourth-order valence-electron chi connectivity index (χ4n) is 1.79. The van der Waals surface area contributed by atoms with E-state index in [4.69, 9.17) is 16.3 Å². The van der Waals surface area contributed by atoms with Crippen molar-refractivity contribution in [2.24, 2.45) is 0 Å². The van der Waals surface area contributed by atoms with Gasteiger partial charge in [-0.1, -0.05) is 11.6 Å². The molecule has 1 heterocycles. The van der Waals surface area contributed by atoms with Gasteiger partial charge >= 0.3 is 6.09 Å². The Morgan fingerprint density at radius 1 is 1.33 bits per heavy atom. The number of hydrogen-bond donors (Lipinski definition) is 0. The van der Waals surface area contributed by atoms with Crippen molar-refractivity contribution in [2.75, 3.05) is 0 Å². The molecule has 0 aliphatic rings. The van der Waals surface area contributed by atoms with E-state index in [1.807, 2.05) is 0 Å². The number of carbonyl (C=O) groups is 1. The summed E-state index contributed by atoms with van der Waals surface area (Å²) in [5.74, 6) is -0.424. The van der Waals surface area contributed by atoms with E-state index >= 15 is 0 Å². The number of aryl methyl sites for hydroxylation is 1. The van der Waals surface area contributed by atoms with Gasteiger partial charge in [-0.2, -0.15) is 9.78 Å². The first kappa shape index (κ1) is 15.5. The van der Waals surface area contributed by atoms with E-state index < -0.39 is 17.5 Å². The van der Waals surface area contributed by atoms with Crippen molar-refractivity contribution in [3.05, 3.63) is 40.8 Å². The van der Waals surface area contributed by atoms with Crippen molar-refractivity contribution < 1.29 is 13.9 Å². The van der Waals surface area contributed by atoms with E-state index in [0.29, 0.717) is 17.0 Å². The monoisotopic (exact) mass is 310 g/mol. The Labute approximate surface area is 127 Å². The summed E-state index contributed by atoms with van der Waals surface area (Å²) in [6.07, 6.45) is -0.565. The van der Waals surface area contributed by atoms with Crippen LogP contribution in [0, 0.1) is 12.7 Å². The van der Waals surface area contributed by atoms with Crippen LogP contribution in [0.2, 0.25) is 5.02 Å². The Bertz CT molecular complexity index is 689. The SMILES string of the molecule is Cc1cc(-c2ccc(F)cc2Cl)nn1C(=O)OC(C)(C)C. The molecule has 1 aromatic carbocycles. The lowest BCUT2D eigenvalue weighted by atomic mass is 10.1. The summed E-state index contributed by atoms with van der Waals surface area (Å²) in [5, 5.41) is 4.43. The number of rotatable bonds is 1. The van der Waals surface area contributed by atoms with Crippen LogP contribution in [0.3, 0.4) is 0 Å². The first-order valence-electron chi connectivity index (χ1n) is 6.43. The number of carbonyl (C=O) groups excluding carboxylic acids is 1. The standard InChI is InChI=1S/C15H16ClFN2O2/c1-9-7-13(11-6-5-10(17)8-12(11)16)18-19(9)14(20)21-15(2,3)4/h5-8H,1-4H3. The molecule has 21 heavy (non-hydrogen) atoms. The molecular formula is C15H16ClFN2O2. The van der Waals surface area contributed by atoms with E-state index in [0.717, 1.165) is 0 Å². The molecule has 0 aliphatic carbocycles. The zero-order valence-electron chi connectivity index (χ0n) is 12.3. The van der Waals surface area contributed by atoms with Crippen LogP contribution in [0.4, 0.5) is 9.18 Å². The van der Waals surface area contributed by atoms with Crippen LogP contribution in [0.5, 0.6) is 0 Å². The second-order valence-corrected chi connectivity index (χ2v) is 6.09. The van der Waals surface area contributed by atoms with Gasteiger partial charge in [-0.15, -0.1) is 0 Å². The van der Waals surface area contributed by atoms with Crippen LogP contribution >= 0.6 is 11.6 Å². The Hall–Kier alpha value is -1.88. The predicted molar refractivity (Wildman–Crippen MR) is 79.0 cm³/mol. The minimum atomic E-state index is -0.608. The highest BCUT2D eigenvalue weighted by molar-refractivity contribution is 6.33. The van der Waals surface area contributed by atoms with Crippen LogP contribution in [0.15, 0.2) is 24.3 Å². The Morgan fingerprint density at radius 3 is 2.57 bits per heavy atom. The van der Waals surface area contributed by atoms with Gasteiger partial charge in [0.05, 0.1) is 10.7 Å². The number of halogens is 2. The highest BCUT2D eigenvalue weighted by atomic mass is 35.5. The molecule has 0 radical (unpaired) electrons. The fourth-order valence-corrected chi connectivity index (χ4v) is 2.06. The molecule has 0 atom stereocenters. The van der Waals surface area contributed by atoms with Crippen molar-refractivity contribution in [2.45, 2.75) is 33.3 Å². The summed E-state index contributed by atoms with van der Waals surface area (Å²) in [4.78, 5) is 12.1. The average Bonchev–Trinajstić information content (AvgIpc) is 2.68. The molecule has 0 fully saturated rings. The molecule has 0 saturated carbocycles. The van der Waals surface area contributed by atoms with E-state index in [9.17, 15) is 9.18 Å². The summed E-state index contributed by atoms with van der Waals surface area (Å²) in [7, 11) is 0. The van der Waals surface area contributed by atoms with Crippen molar-refractivity contribution in [3.8, 4) is 11.3 Å². The third kappa shape index (κ3) is 3.61. The minimum Gasteiger partial charge on any atom is -0.442 e. The molecule has 0 unspecified atom stereocenters. The molecule has 6 heteroatoms. The summed E-state index contributed by atoms with van der Waals surface area (Å²) in [5.41, 5.74) is 1.05. The van der Waals surface area contributed by atoms with Gasteiger partial charge in [-0.3, -0.25) is 0 Å². The largest absolute Gasteiger partial charge is 0.442 e. The van der Waals surface area contributed by atoms with Gasteiger partial charge in [0, 0.05) is 11.3 Å². The average molecular weight is 311 g/mol. The van der Waals surface area contributed by atoms with Gasteiger partial charge in [-0.25, -0.2) is 9.18 Å². The number of aromatic nitrogens is 2. The van der Waals surface area contributed by atoms with E-state index in [1.54, 1.807) is 33.8 Å². The molecule has 0 spiro atoms. The summed E-state index contributed by atoms with van der Waals surface area (Å²) in [6, 6.07) is 5.73. The van der Waals surface area contributed by atoms with E-state index in [1.165, 1.54) is 22.9 Å². The zero-order chi connectivity index (χ0) is 15.8. The van der Waals surface area contributed by atoms with Crippen LogP contribution in [0.25, 0.3) is 11.3 Å². The third-order valence-electron chi connectivity index (χ3n) is 2.66. The molecule has 0 N–H and O–H groups in total. The molecule has 2 aromatic rings. The molecule has 1 aromatic heterocycles. The third-order valence-corrected chi connectivity index (χ3v) is 2.97. The highest BCUT2D eigenvalue weighted by Gasteiger charge is 2.21. The quantitative estimate of drug-likeness (QED) is 0.782. The number of ether oxygens (including phenoxy) is 1. The number of benzene rings is 1. The van der Waals surface area contributed by atoms with Crippen molar-refractivity contribution in [1.29, 1.82) is 0 Å². The van der Waals surface area contributed by atoms with Gasteiger partial charge in [0.15, 0.2) is 0 Å². The molecule has 0 saturated heterocycles. The van der Waals surface area contributed by atoms with Crippen LogP contribution < -0.4 is 0 Å². The van der Waals surface area contributed by atoms with Gasteiger partial charge in [0.1, 0.15) is 11.4 Å². The smallest absolute Gasteiger partial charge is 0.435 e. The Morgan fingerprint density at radius 2 is 2.00 bits per heavy atom. The van der Waals surface area contributed by atoms with Crippen LogP contribution in [0.1, 0.15) is 26.5 Å². The highest BCUT2D eigenvalue weighted by Crippen LogP contribution is 2.28. The number of hydrogen-bond acceptors (Lipinski definition) is 3. The topological polar surface area (TPSA) is 44.1 Å². The number of nitrogens with zero attached hydrogens (tertiary/aromatic N) is 2. The summed E-state index contributed by atoms with van der Waals surface area (Å²) >= 11 is 6.01. The lowest BCUT2D eigenvalue weighted by Crippen LogP contribution is -2.28. The fraction of sp³-hybridized carbons (Fsp3) is 0.333. The van der Waals surface area contributed by atoms with Gasteiger partial charge in [0.25, 0.3) is 0 Å². The van der Waals surface area contributed by atoms with E-state index in [-0.39, 0.29) is 5.02 Å². The lowest BCUT2D eigenvalue weighted by molar-refractivity contribution is 0.0511. The van der Waals surface area contributed by atoms with Crippen LogP contribution in [-0.4, -0.2) is 21.5 Å². The maximum Gasteiger partial charge on any atom is 0.435 e. The molecule has 4 nitrogen and oxygen atoms in total. The Kier molecular flexibility index (Phi) is 4.05. The van der Waals surface area contributed by atoms with Gasteiger partial charge in [-0.05, 0) is 52.0 Å². The first-order chi connectivity index (χ1) is 9.67. The molecule has 0 amide bonds. The molecular weight excluding hydrogens is 295 g/mol. The minimum absolute atomic E-state index is 0.240. The molecule has 0 aliphatic heterocycles. The molecule has 0 bridgehead atoms. The first-order valence-corrected chi connectivity index (χ1v) is 6.80. The molecule has 112 valence electrons. The lowest BCUT2D eigenvalue weighted by Gasteiger charge is -2.19. The maximum atomic E-state index is 13.1. The predicted octanol–water partition coefficient (Wildman–Crippen LogP) is 4.43. The zero-order valence-corrected chi connectivity index (χ0v) is 13.0. The normalized spacial score (nSPS) is 11.5. The molecule has 2 rings (SSSR count). The van der Waals surface area contributed by atoms with Gasteiger partial charge in [0.2, 0.25) is 0 Å². The van der Waals surface area contributed by atoms with E-state index in [2.05, 4.69) is 5.10 Å². The van der Waals surface area contributed by atoms with Crippen LogP contribution in [-0.2, 0) is 4.74 Å². The summed E-state index contributed by atoms with van der Waals surface area (Å²) < 4.78 is 19.5. The Balaban J connectivity index is 2.37. The maximum absolute atomic E-state index is 13.1.